The molecule has 122 valence electrons. The zero-order valence-electron chi connectivity index (χ0n) is 12.6. The Morgan fingerprint density at radius 1 is 1.45 bits per heavy atom. The molecule has 3 nitrogen and oxygen atoms in total. The van der Waals surface area contributed by atoms with Crippen LogP contribution in [0.5, 0.6) is 0 Å². The minimum Gasteiger partial charge on any atom is -0.342 e. The number of hydrogen-bond acceptors (Lipinski definition) is 2. The number of carbonyl (C=O) groups is 1. The van der Waals surface area contributed by atoms with E-state index in [0.29, 0.717) is 18.7 Å². The largest absolute Gasteiger partial charge is 0.416 e. The first-order valence-electron chi connectivity index (χ1n) is 7.47. The third-order valence-electron chi connectivity index (χ3n) is 4.16. The first kappa shape index (κ1) is 16.8. The predicted octanol–water partition coefficient (Wildman–Crippen LogP) is 2.83. The maximum Gasteiger partial charge on any atom is 0.416 e. The Hall–Kier alpha value is -1.56. The number of rotatable bonds is 3. The molecule has 1 saturated heterocycles. The summed E-state index contributed by atoms with van der Waals surface area (Å²) in [5, 5.41) is 0. The van der Waals surface area contributed by atoms with Gasteiger partial charge in [0, 0.05) is 19.1 Å². The summed E-state index contributed by atoms with van der Waals surface area (Å²) in [7, 11) is 0. The van der Waals surface area contributed by atoms with Gasteiger partial charge >= 0.3 is 6.18 Å². The van der Waals surface area contributed by atoms with Crippen LogP contribution >= 0.6 is 0 Å². The first-order chi connectivity index (χ1) is 10.3. The maximum atomic E-state index is 12.7. The van der Waals surface area contributed by atoms with Gasteiger partial charge in [-0.1, -0.05) is 18.2 Å². The molecule has 0 unspecified atom stereocenters. The molecule has 2 atom stereocenters. The van der Waals surface area contributed by atoms with E-state index in [2.05, 4.69) is 0 Å². The fourth-order valence-electron chi connectivity index (χ4n) is 2.81. The number of carbonyl (C=O) groups excluding carboxylic acids is 1. The van der Waals surface area contributed by atoms with Crippen LogP contribution in [0.3, 0.4) is 0 Å². The van der Waals surface area contributed by atoms with Crippen molar-refractivity contribution in [2.45, 2.75) is 38.4 Å². The fraction of sp³-hybridized carbons (Fsp3) is 0.562. The highest BCUT2D eigenvalue weighted by Crippen LogP contribution is 2.29. The van der Waals surface area contributed by atoms with Gasteiger partial charge in [-0.15, -0.1) is 0 Å². The Morgan fingerprint density at radius 2 is 2.18 bits per heavy atom. The van der Waals surface area contributed by atoms with Crippen LogP contribution in [-0.2, 0) is 17.4 Å². The Bertz CT molecular complexity index is 528. The highest BCUT2D eigenvalue weighted by molar-refractivity contribution is 5.79. The van der Waals surface area contributed by atoms with Gasteiger partial charge in [-0.2, -0.15) is 13.2 Å². The van der Waals surface area contributed by atoms with Gasteiger partial charge in [0.05, 0.1) is 12.0 Å². The summed E-state index contributed by atoms with van der Waals surface area (Å²) in [6, 6.07) is 4.97. The number of alkyl halides is 3. The van der Waals surface area contributed by atoms with Crippen molar-refractivity contribution in [3.05, 3.63) is 35.4 Å². The lowest BCUT2D eigenvalue weighted by atomic mass is 9.92. The van der Waals surface area contributed by atoms with E-state index in [1.54, 1.807) is 11.0 Å². The van der Waals surface area contributed by atoms with Crippen molar-refractivity contribution in [3.8, 4) is 0 Å². The van der Waals surface area contributed by atoms with Gasteiger partial charge in [-0.05, 0) is 37.3 Å². The number of nitrogens with zero attached hydrogens (tertiary/aromatic N) is 1. The van der Waals surface area contributed by atoms with E-state index in [0.717, 1.165) is 25.0 Å². The third kappa shape index (κ3) is 4.22. The van der Waals surface area contributed by atoms with E-state index in [9.17, 15) is 18.0 Å². The molecule has 2 rings (SSSR count). The quantitative estimate of drug-likeness (QED) is 0.932. The van der Waals surface area contributed by atoms with E-state index in [1.165, 1.54) is 6.07 Å². The molecule has 22 heavy (non-hydrogen) atoms. The molecule has 1 aliphatic rings. The number of benzene rings is 1. The van der Waals surface area contributed by atoms with Crippen LogP contribution in [0.1, 0.15) is 30.9 Å². The van der Waals surface area contributed by atoms with Crippen LogP contribution < -0.4 is 5.73 Å². The molecule has 6 heteroatoms. The van der Waals surface area contributed by atoms with E-state index in [4.69, 9.17) is 5.73 Å². The number of nitrogens with two attached hydrogens (primary N) is 1. The highest BCUT2D eigenvalue weighted by atomic mass is 19.4. The highest BCUT2D eigenvalue weighted by Gasteiger charge is 2.31. The Kier molecular flexibility index (Phi) is 5.11. The number of likely N-dealkylation sites (tertiary alicyclic amines) is 1. The molecular formula is C16H21F3N2O. The molecule has 1 amide bonds. The van der Waals surface area contributed by atoms with Gasteiger partial charge in [0.15, 0.2) is 0 Å². The van der Waals surface area contributed by atoms with Crippen molar-refractivity contribution in [3.63, 3.8) is 0 Å². The van der Waals surface area contributed by atoms with Crippen LogP contribution in [-0.4, -0.2) is 29.9 Å². The molecule has 0 bridgehead atoms. The normalized spacial score (nSPS) is 20.8. The third-order valence-corrected chi connectivity index (χ3v) is 4.16. The molecule has 0 spiro atoms. The second-order valence-electron chi connectivity index (χ2n) is 5.98. The molecule has 1 aromatic rings. The van der Waals surface area contributed by atoms with E-state index >= 15 is 0 Å². The lowest BCUT2D eigenvalue weighted by Gasteiger charge is -2.34. The van der Waals surface area contributed by atoms with Crippen LogP contribution in [0.25, 0.3) is 0 Å². The van der Waals surface area contributed by atoms with Crippen LogP contribution in [0.4, 0.5) is 13.2 Å². The Balaban J connectivity index is 2.03. The monoisotopic (exact) mass is 314 g/mol. The SMILES string of the molecule is C[C@@H](N)[C@@H]1CCCN(C(=O)Cc2cccc(C(F)(F)F)c2)C1. The summed E-state index contributed by atoms with van der Waals surface area (Å²) in [6.07, 6.45) is -2.51. The average molecular weight is 314 g/mol. The van der Waals surface area contributed by atoms with Gasteiger partial charge in [0.2, 0.25) is 5.91 Å². The Labute approximate surface area is 128 Å². The minimum atomic E-state index is -4.38. The summed E-state index contributed by atoms with van der Waals surface area (Å²) >= 11 is 0. The summed E-state index contributed by atoms with van der Waals surface area (Å²) in [5.41, 5.74) is 5.56. The van der Waals surface area contributed by atoms with Crippen molar-refractivity contribution >= 4 is 5.91 Å². The van der Waals surface area contributed by atoms with Crippen LogP contribution in [0.15, 0.2) is 24.3 Å². The van der Waals surface area contributed by atoms with Crippen LogP contribution in [0, 0.1) is 5.92 Å². The smallest absolute Gasteiger partial charge is 0.342 e. The molecule has 1 aliphatic heterocycles. The molecule has 0 radical (unpaired) electrons. The molecule has 0 saturated carbocycles. The van der Waals surface area contributed by atoms with Crippen molar-refractivity contribution < 1.29 is 18.0 Å². The van der Waals surface area contributed by atoms with E-state index in [1.807, 2.05) is 6.92 Å². The molecule has 0 aromatic heterocycles. The zero-order chi connectivity index (χ0) is 16.3. The van der Waals surface area contributed by atoms with Crippen molar-refractivity contribution in [1.82, 2.24) is 4.90 Å². The summed E-state index contributed by atoms with van der Waals surface area (Å²) in [4.78, 5) is 14.0. The molecule has 1 fully saturated rings. The standard InChI is InChI=1S/C16H21F3N2O/c1-11(20)13-5-3-7-21(10-13)15(22)9-12-4-2-6-14(8-12)16(17,18)19/h2,4,6,8,11,13H,3,5,7,9-10,20H2,1H3/t11-,13-/m1/s1. The first-order valence-corrected chi connectivity index (χ1v) is 7.47. The molecule has 1 aromatic carbocycles. The van der Waals surface area contributed by atoms with Gasteiger partial charge in [-0.3, -0.25) is 4.79 Å². The summed E-state index contributed by atoms with van der Waals surface area (Å²) in [5.74, 6) is 0.129. The summed E-state index contributed by atoms with van der Waals surface area (Å²) < 4.78 is 38.1. The summed E-state index contributed by atoms with van der Waals surface area (Å²) in [6.45, 7) is 3.17. The number of hydrogen-bond donors (Lipinski definition) is 1. The predicted molar refractivity (Wildman–Crippen MR) is 78.1 cm³/mol. The van der Waals surface area contributed by atoms with Gasteiger partial charge in [-0.25, -0.2) is 0 Å². The minimum absolute atomic E-state index is 0.00437. The maximum absolute atomic E-state index is 12.7. The number of piperidine rings is 1. The molecule has 0 aliphatic carbocycles. The lowest BCUT2D eigenvalue weighted by Crippen LogP contribution is -2.45. The van der Waals surface area contributed by atoms with Crippen LogP contribution in [0.2, 0.25) is 0 Å². The van der Waals surface area contributed by atoms with Gasteiger partial charge < -0.3 is 10.6 Å². The van der Waals surface area contributed by atoms with Crippen molar-refractivity contribution in [1.29, 1.82) is 0 Å². The second kappa shape index (κ2) is 6.69. The molecular weight excluding hydrogens is 293 g/mol. The molecule has 2 N–H and O–H groups in total. The van der Waals surface area contributed by atoms with Gasteiger partial charge in [0.1, 0.15) is 0 Å². The molecule has 1 heterocycles. The van der Waals surface area contributed by atoms with Gasteiger partial charge in [0.25, 0.3) is 0 Å². The fourth-order valence-corrected chi connectivity index (χ4v) is 2.81. The average Bonchev–Trinajstić information content (AvgIpc) is 2.46. The second-order valence-corrected chi connectivity index (χ2v) is 5.98. The topological polar surface area (TPSA) is 46.3 Å². The Morgan fingerprint density at radius 3 is 2.82 bits per heavy atom. The van der Waals surface area contributed by atoms with E-state index in [-0.39, 0.29) is 24.3 Å². The van der Waals surface area contributed by atoms with Crippen molar-refractivity contribution in [2.75, 3.05) is 13.1 Å². The van der Waals surface area contributed by atoms with E-state index < -0.39 is 11.7 Å². The lowest BCUT2D eigenvalue weighted by molar-refractivity contribution is -0.138. The van der Waals surface area contributed by atoms with Crippen molar-refractivity contribution in [2.24, 2.45) is 11.7 Å². The number of amides is 1. The number of halogens is 3. The zero-order valence-corrected chi connectivity index (χ0v) is 12.6.